The number of hydrogen-bond acceptors (Lipinski definition) is 5. The number of benzene rings is 3. The molecule has 0 saturated heterocycles. The van der Waals surface area contributed by atoms with Crippen molar-refractivity contribution in [1.29, 1.82) is 0 Å². The van der Waals surface area contributed by atoms with Crippen LogP contribution in [0.4, 0.5) is 15.8 Å². The van der Waals surface area contributed by atoms with Crippen LogP contribution in [-0.4, -0.2) is 28.0 Å². The van der Waals surface area contributed by atoms with Crippen LogP contribution in [0.2, 0.25) is 0 Å². The maximum atomic E-state index is 13.8. The van der Waals surface area contributed by atoms with Gasteiger partial charge in [0.25, 0.3) is 15.9 Å². The van der Waals surface area contributed by atoms with Crippen molar-refractivity contribution in [2.24, 2.45) is 0 Å². The highest BCUT2D eigenvalue weighted by Crippen LogP contribution is 2.28. The molecule has 0 atom stereocenters. The summed E-state index contributed by atoms with van der Waals surface area (Å²) in [5.41, 5.74) is 0.998. The molecule has 0 saturated carbocycles. The van der Waals surface area contributed by atoms with Gasteiger partial charge in [-0.2, -0.15) is 0 Å². The summed E-state index contributed by atoms with van der Waals surface area (Å²) in [5.74, 6) is -0.319. The number of halogens is 1. The van der Waals surface area contributed by atoms with Crippen LogP contribution < -0.4 is 19.5 Å². The van der Waals surface area contributed by atoms with Crippen LogP contribution in [0, 0.1) is 5.82 Å². The molecule has 3 rings (SSSR count). The molecule has 172 valence electrons. The smallest absolute Gasteiger partial charge is 0.262 e. The monoisotopic (exact) mass is 470 g/mol. The lowest BCUT2D eigenvalue weighted by atomic mass is 10.2. The molecule has 1 amide bonds. The Kier molecular flexibility index (Phi) is 7.68. The Morgan fingerprint density at radius 2 is 1.82 bits per heavy atom. The van der Waals surface area contributed by atoms with E-state index in [2.05, 4.69) is 10.0 Å². The summed E-state index contributed by atoms with van der Waals surface area (Å²) in [6.45, 7) is 1.58. The van der Waals surface area contributed by atoms with E-state index in [1.807, 2.05) is 25.1 Å². The maximum absolute atomic E-state index is 13.8. The van der Waals surface area contributed by atoms with E-state index in [4.69, 9.17) is 9.47 Å². The number of carbonyl (C=O) groups excluding carboxylic acids is 1. The Morgan fingerprint density at radius 1 is 1.03 bits per heavy atom. The number of para-hydroxylation sites is 1. The van der Waals surface area contributed by atoms with Crippen LogP contribution in [0.3, 0.4) is 0 Å². The number of anilines is 2. The van der Waals surface area contributed by atoms with Crippen molar-refractivity contribution < 1.29 is 27.1 Å². The van der Waals surface area contributed by atoms with Crippen molar-refractivity contribution in [1.82, 2.24) is 0 Å². The molecule has 0 aliphatic carbocycles. The molecule has 2 N–H and O–H groups in total. The molecule has 0 radical (unpaired) electrons. The zero-order valence-electron chi connectivity index (χ0n) is 18.0. The minimum atomic E-state index is -4.06. The third-order valence-corrected chi connectivity index (χ3v) is 5.82. The van der Waals surface area contributed by atoms with Crippen molar-refractivity contribution in [2.75, 3.05) is 23.8 Å². The second-order valence-electron chi connectivity index (χ2n) is 6.86. The highest BCUT2D eigenvalue weighted by molar-refractivity contribution is 7.92. The number of allylic oxidation sites excluding steroid dienone is 1. The summed E-state index contributed by atoms with van der Waals surface area (Å²) in [7, 11) is -2.56. The lowest BCUT2D eigenvalue weighted by molar-refractivity contribution is -0.118. The zero-order valence-corrected chi connectivity index (χ0v) is 18.9. The number of carbonyl (C=O) groups is 1. The highest BCUT2D eigenvalue weighted by atomic mass is 32.2. The van der Waals surface area contributed by atoms with E-state index in [0.717, 1.165) is 11.6 Å². The molecule has 0 spiro atoms. The van der Waals surface area contributed by atoms with Gasteiger partial charge in [-0.15, -0.1) is 0 Å². The largest absolute Gasteiger partial charge is 0.493 e. The number of hydrogen-bond donors (Lipinski definition) is 2. The zero-order chi connectivity index (χ0) is 23.8. The van der Waals surface area contributed by atoms with Crippen molar-refractivity contribution in [3.63, 3.8) is 0 Å². The van der Waals surface area contributed by atoms with E-state index in [1.165, 1.54) is 49.6 Å². The Morgan fingerprint density at radius 3 is 2.55 bits per heavy atom. The predicted octanol–water partition coefficient (Wildman–Crippen LogP) is 4.69. The fourth-order valence-corrected chi connectivity index (χ4v) is 4.04. The van der Waals surface area contributed by atoms with Crippen LogP contribution in [0.5, 0.6) is 11.5 Å². The second kappa shape index (κ2) is 10.6. The normalized spacial score (nSPS) is 11.2. The first-order chi connectivity index (χ1) is 15.8. The van der Waals surface area contributed by atoms with Gasteiger partial charge in [0.05, 0.1) is 17.7 Å². The van der Waals surface area contributed by atoms with Gasteiger partial charge in [-0.25, -0.2) is 12.8 Å². The van der Waals surface area contributed by atoms with E-state index in [1.54, 1.807) is 12.1 Å². The fraction of sp³-hybridized carbons (Fsp3) is 0.125. The van der Waals surface area contributed by atoms with Gasteiger partial charge >= 0.3 is 0 Å². The first kappa shape index (κ1) is 23.8. The van der Waals surface area contributed by atoms with Crippen molar-refractivity contribution in [3.8, 4) is 11.5 Å². The molecule has 0 aromatic heterocycles. The molecule has 0 heterocycles. The fourth-order valence-electron chi connectivity index (χ4n) is 2.93. The maximum Gasteiger partial charge on any atom is 0.262 e. The molecule has 0 aliphatic heterocycles. The van der Waals surface area contributed by atoms with Gasteiger partial charge in [-0.05, 0) is 55.0 Å². The van der Waals surface area contributed by atoms with Gasteiger partial charge in [-0.1, -0.05) is 36.4 Å². The third-order valence-electron chi connectivity index (χ3n) is 4.45. The minimum absolute atomic E-state index is 0.134. The number of amides is 1. The van der Waals surface area contributed by atoms with E-state index >= 15 is 0 Å². The molecule has 33 heavy (non-hydrogen) atoms. The van der Waals surface area contributed by atoms with E-state index in [-0.39, 0.29) is 22.9 Å². The van der Waals surface area contributed by atoms with E-state index < -0.39 is 21.7 Å². The van der Waals surface area contributed by atoms with Gasteiger partial charge in [0, 0.05) is 5.69 Å². The van der Waals surface area contributed by atoms with Gasteiger partial charge in [0.1, 0.15) is 5.82 Å². The van der Waals surface area contributed by atoms with Crippen LogP contribution in [0.1, 0.15) is 12.5 Å². The third kappa shape index (κ3) is 6.33. The lowest BCUT2D eigenvalue weighted by Crippen LogP contribution is -2.21. The van der Waals surface area contributed by atoms with Crippen LogP contribution in [0.15, 0.2) is 77.7 Å². The molecular weight excluding hydrogens is 447 g/mol. The summed E-state index contributed by atoms with van der Waals surface area (Å²) < 4.78 is 52.1. The second-order valence-corrected chi connectivity index (χ2v) is 8.54. The molecule has 0 aliphatic rings. The van der Waals surface area contributed by atoms with Gasteiger partial charge in [-0.3, -0.25) is 9.52 Å². The standard InChI is InChI=1S/C24H23FN2O5S/c1-3-7-17-12-13-22(23(14-17)31-2)32-16-24(28)26-18-8-6-9-19(15-18)33(29,30)27-21-11-5-4-10-20(21)25/h3-15,27H,16H2,1-2H3,(H,26,28)/b7-3+. The van der Waals surface area contributed by atoms with Crippen LogP contribution in [-0.2, 0) is 14.8 Å². The number of sulfonamides is 1. The highest BCUT2D eigenvalue weighted by Gasteiger charge is 2.17. The summed E-state index contributed by atoms with van der Waals surface area (Å²) in [5, 5.41) is 2.59. The molecule has 3 aromatic carbocycles. The molecule has 0 bridgehead atoms. The summed E-state index contributed by atoms with van der Waals surface area (Å²) in [4.78, 5) is 12.2. The number of ether oxygens (including phenoxy) is 2. The minimum Gasteiger partial charge on any atom is -0.493 e. The lowest BCUT2D eigenvalue weighted by Gasteiger charge is -2.12. The molecule has 3 aromatic rings. The number of rotatable bonds is 9. The molecule has 9 heteroatoms. The van der Waals surface area contributed by atoms with Crippen LogP contribution >= 0.6 is 0 Å². The van der Waals surface area contributed by atoms with Crippen molar-refractivity contribution in [2.45, 2.75) is 11.8 Å². The predicted molar refractivity (Wildman–Crippen MR) is 125 cm³/mol. The SMILES string of the molecule is C/C=C/c1ccc(OCC(=O)Nc2cccc(S(=O)(=O)Nc3ccccc3F)c2)c(OC)c1. The number of nitrogens with one attached hydrogen (secondary N) is 2. The first-order valence-corrected chi connectivity index (χ1v) is 11.4. The average Bonchev–Trinajstić information content (AvgIpc) is 2.80. The van der Waals surface area contributed by atoms with Gasteiger partial charge < -0.3 is 14.8 Å². The van der Waals surface area contributed by atoms with Crippen molar-refractivity contribution in [3.05, 3.63) is 84.2 Å². The Labute approximate surface area is 191 Å². The van der Waals surface area contributed by atoms with Gasteiger partial charge in [0.15, 0.2) is 18.1 Å². The molecular formula is C24H23FN2O5S. The molecule has 0 unspecified atom stereocenters. The number of methoxy groups -OCH3 is 1. The van der Waals surface area contributed by atoms with E-state index in [9.17, 15) is 17.6 Å². The van der Waals surface area contributed by atoms with Gasteiger partial charge in [0.2, 0.25) is 0 Å². The van der Waals surface area contributed by atoms with E-state index in [0.29, 0.717) is 11.5 Å². The molecule has 7 nitrogen and oxygen atoms in total. The topological polar surface area (TPSA) is 93.7 Å². The Hall–Kier alpha value is -3.85. The Bertz CT molecular complexity index is 1280. The van der Waals surface area contributed by atoms with Crippen molar-refractivity contribution >= 4 is 33.4 Å². The summed E-state index contributed by atoms with van der Waals surface area (Å²) in [6, 6.07) is 16.4. The first-order valence-electron chi connectivity index (χ1n) is 9.93. The molecule has 0 fully saturated rings. The summed E-state index contributed by atoms with van der Waals surface area (Å²) in [6.07, 6.45) is 3.80. The summed E-state index contributed by atoms with van der Waals surface area (Å²) >= 11 is 0. The average molecular weight is 471 g/mol. The quantitative estimate of drug-likeness (QED) is 0.473. The van der Waals surface area contributed by atoms with Crippen LogP contribution in [0.25, 0.3) is 6.08 Å². The Balaban J connectivity index is 1.67.